The van der Waals surface area contributed by atoms with Crippen molar-refractivity contribution in [2.45, 2.75) is 31.7 Å². The van der Waals surface area contributed by atoms with Crippen LogP contribution < -0.4 is 10.5 Å². The summed E-state index contributed by atoms with van der Waals surface area (Å²) >= 11 is 0. The first-order valence-corrected chi connectivity index (χ1v) is 5.09. The minimum atomic E-state index is 0.0641. The van der Waals surface area contributed by atoms with Crippen LogP contribution in [0, 0.1) is 0 Å². The summed E-state index contributed by atoms with van der Waals surface area (Å²) in [6.45, 7) is 2.47. The van der Waals surface area contributed by atoms with Crippen LogP contribution in [0.1, 0.15) is 31.4 Å². The van der Waals surface area contributed by atoms with E-state index in [1.165, 1.54) is 12.8 Å². The first-order chi connectivity index (χ1) is 6.66. The van der Waals surface area contributed by atoms with Gasteiger partial charge in [0.25, 0.3) is 0 Å². The Morgan fingerprint density at radius 2 is 2.43 bits per heavy atom. The number of ether oxygens (including phenoxy) is 1. The van der Waals surface area contributed by atoms with Crippen molar-refractivity contribution in [2.75, 3.05) is 6.61 Å². The number of aromatic nitrogens is 2. The normalized spacial score (nSPS) is 18.2. The largest absolute Gasteiger partial charge is 0.476 e. The second-order valence-corrected chi connectivity index (χ2v) is 4.09. The Bertz CT molecular complexity index is 315. The Kier molecular flexibility index (Phi) is 2.46. The van der Waals surface area contributed by atoms with Gasteiger partial charge in [-0.15, -0.1) is 0 Å². The quantitative estimate of drug-likeness (QED) is 0.780. The van der Waals surface area contributed by atoms with Gasteiger partial charge in [-0.1, -0.05) is 0 Å². The highest BCUT2D eigenvalue weighted by Gasteiger charge is 2.27. The topological polar surface area (TPSA) is 53.1 Å². The summed E-state index contributed by atoms with van der Waals surface area (Å²) in [5, 5.41) is 4.40. The molecular formula is C10H17N3O. The Labute approximate surface area is 84.0 Å². The number of nitrogens with two attached hydrogens (primary N) is 1. The van der Waals surface area contributed by atoms with E-state index in [0.717, 1.165) is 11.6 Å². The maximum absolute atomic E-state index is 5.61. The Morgan fingerprint density at radius 3 is 3.00 bits per heavy atom. The lowest BCUT2D eigenvalue weighted by atomic mass is 10.3. The van der Waals surface area contributed by atoms with Crippen molar-refractivity contribution in [2.24, 2.45) is 12.8 Å². The van der Waals surface area contributed by atoms with Gasteiger partial charge in [-0.2, -0.15) is 5.10 Å². The van der Waals surface area contributed by atoms with E-state index in [9.17, 15) is 0 Å². The fraction of sp³-hybridized carbons (Fsp3) is 0.700. The molecule has 1 aromatic rings. The molecule has 0 radical (unpaired) electrons. The molecule has 1 atom stereocenters. The predicted octanol–water partition coefficient (Wildman–Crippen LogP) is 1.02. The smallest absolute Gasteiger partial charge is 0.211 e. The minimum Gasteiger partial charge on any atom is -0.476 e. The van der Waals surface area contributed by atoms with Gasteiger partial charge in [0.1, 0.15) is 6.61 Å². The molecule has 1 fully saturated rings. The zero-order valence-electron chi connectivity index (χ0n) is 8.73. The van der Waals surface area contributed by atoms with E-state index in [2.05, 4.69) is 5.10 Å². The number of hydrogen-bond donors (Lipinski definition) is 1. The van der Waals surface area contributed by atoms with Crippen LogP contribution in [0.15, 0.2) is 6.07 Å². The second kappa shape index (κ2) is 3.61. The molecule has 2 N–H and O–H groups in total. The van der Waals surface area contributed by atoms with Gasteiger partial charge in [-0.3, -0.25) is 0 Å². The van der Waals surface area contributed by atoms with Gasteiger partial charge in [0.05, 0.1) is 5.69 Å². The summed E-state index contributed by atoms with van der Waals surface area (Å²) in [6, 6.07) is 2.09. The lowest BCUT2D eigenvalue weighted by Gasteiger charge is -2.07. The van der Waals surface area contributed by atoms with Crippen molar-refractivity contribution in [3.63, 3.8) is 0 Å². The first-order valence-electron chi connectivity index (χ1n) is 5.09. The predicted molar refractivity (Wildman–Crippen MR) is 54.3 cm³/mol. The zero-order chi connectivity index (χ0) is 10.1. The molecule has 0 saturated heterocycles. The number of nitrogens with zero attached hydrogens (tertiary/aromatic N) is 2. The highest BCUT2D eigenvalue weighted by atomic mass is 16.5. The highest BCUT2D eigenvalue weighted by Crippen LogP contribution is 2.40. The minimum absolute atomic E-state index is 0.0641. The molecule has 4 heteroatoms. The van der Waals surface area contributed by atoms with Gasteiger partial charge in [-0.25, -0.2) is 4.68 Å². The molecular weight excluding hydrogens is 178 g/mol. The molecule has 0 bridgehead atoms. The van der Waals surface area contributed by atoms with Crippen LogP contribution in [0.25, 0.3) is 0 Å². The van der Waals surface area contributed by atoms with Crippen LogP contribution in [-0.4, -0.2) is 22.4 Å². The average molecular weight is 195 g/mol. The molecule has 1 aromatic heterocycles. The number of hydrogen-bond acceptors (Lipinski definition) is 3. The van der Waals surface area contributed by atoms with Crippen molar-refractivity contribution < 1.29 is 4.74 Å². The van der Waals surface area contributed by atoms with Crippen LogP contribution in [0.2, 0.25) is 0 Å². The van der Waals surface area contributed by atoms with E-state index in [0.29, 0.717) is 12.5 Å². The van der Waals surface area contributed by atoms with E-state index in [4.69, 9.17) is 10.5 Å². The van der Waals surface area contributed by atoms with Gasteiger partial charge in [-0.05, 0) is 19.8 Å². The summed E-state index contributed by atoms with van der Waals surface area (Å²) in [4.78, 5) is 0. The average Bonchev–Trinajstić information content (AvgIpc) is 2.88. The summed E-state index contributed by atoms with van der Waals surface area (Å²) < 4.78 is 7.32. The molecule has 78 valence electrons. The fourth-order valence-corrected chi connectivity index (χ4v) is 1.40. The van der Waals surface area contributed by atoms with Gasteiger partial charge < -0.3 is 10.5 Å². The molecule has 1 aliphatic carbocycles. The van der Waals surface area contributed by atoms with E-state index in [1.807, 2.05) is 20.0 Å². The third-order valence-electron chi connectivity index (χ3n) is 2.35. The Hall–Kier alpha value is -1.03. The van der Waals surface area contributed by atoms with Crippen LogP contribution >= 0.6 is 0 Å². The molecule has 1 heterocycles. The van der Waals surface area contributed by atoms with E-state index in [-0.39, 0.29) is 6.04 Å². The first kappa shape index (κ1) is 9.52. The lowest BCUT2D eigenvalue weighted by molar-refractivity contribution is 0.272. The van der Waals surface area contributed by atoms with Gasteiger partial charge >= 0.3 is 0 Å². The standard InChI is InChI=1S/C10H17N3O/c1-7(11)6-14-10-5-9(8-3-4-8)12-13(10)2/h5,7-8H,3-4,6,11H2,1-2H3. The van der Waals surface area contributed by atoms with Crippen LogP contribution in [0.5, 0.6) is 5.88 Å². The fourth-order valence-electron chi connectivity index (χ4n) is 1.40. The maximum atomic E-state index is 5.61. The molecule has 1 aliphatic rings. The summed E-state index contributed by atoms with van der Waals surface area (Å²) in [7, 11) is 1.91. The SMILES string of the molecule is CC(N)COc1cc(C2CC2)nn1C. The molecule has 4 nitrogen and oxygen atoms in total. The molecule has 0 aliphatic heterocycles. The van der Waals surface area contributed by atoms with E-state index in [1.54, 1.807) is 4.68 Å². The van der Waals surface area contributed by atoms with Crippen molar-refractivity contribution in [1.29, 1.82) is 0 Å². The van der Waals surface area contributed by atoms with E-state index >= 15 is 0 Å². The van der Waals surface area contributed by atoms with Gasteiger partial charge in [0, 0.05) is 25.1 Å². The van der Waals surface area contributed by atoms with Crippen LogP contribution in [-0.2, 0) is 7.05 Å². The van der Waals surface area contributed by atoms with Crippen LogP contribution in [0.3, 0.4) is 0 Å². The number of aryl methyl sites for hydroxylation is 1. The monoisotopic (exact) mass is 195 g/mol. The third kappa shape index (κ3) is 2.07. The van der Waals surface area contributed by atoms with Crippen LogP contribution in [0.4, 0.5) is 0 Å². The summed E-state index contributed by atoms with van der Waals surface area (Å²) in [6.07, 6.45) is 2.54. The number of rotatable bonds is 4. The van der Waals surface area contributed by atoms with E-state index < -0.39 is 0 Å². The van der Waals surface area contributed by atoms with Crippen molar-refractivity contribution in [3.05, 3.63) is 11.8 Å². The summed E-state index contributed by atoms with van der Waals surface area (Å²) in [5.74, 6) is 1.50. The third-order valence-corrected chi connectivity index (χ3v) is 2.35. The molecule has 1 unspecified atom stereocenters. The zero-order valence-corrected chi connectivity index (χ0v) is 8.73. The lowest BCUT2D eigenvalue weighted by Crippen LogP contribution is -2.24. The summed E-state index contributed by atoms with van der Waals surface area (Å²) in [5.41, 5.74) is 6.77. The Balaban J connectivity index is 2.01. The van der Waals surface area contributed by atoms with Crippen molar-refractivity contribution in [1.82, 2.24) is 9.78 Å². The maximum Gasteiger partial charge on any atom is 0.211 e. The van der Waals surface area contributed by atoms with Crippen molar-refractivity contribution >= 4 is 0 Å². The molecule has 0 spiro atoms. The van der Waals surface area contributed by atoms with Crippen molar-refractivity contribution in [3.8, 4) is 5.88 Å². The highest BCUT2D eigenvalue weighted by molar-refractivity contribution is 5.22. The molecule has 0 amide bonds. The molecule has 2 rings (SSSR count). The molecule has 0 aromatic carbocycles. The van der Waals surface area contributed by atoms with Gasteiger partial charge in [0.2, 0.25) is 5.88 Å². The molecule has 1 saturated carbocycles. The molecule has 14 heavy (non-hydrogen) atoms. The Morgan fingerprint density at radius 1 is 1.71 bits per heavy atom. The second-order valence-electron chi connectivity index (χ2n) is 4.09. The van der Waals surface area contributed by atoms with Gasteiger partial charge in [0.15, 0.2) is 0 Å².